The second kappa shape index (κ2) is 6.05. The van der Waals surface area contributed by atoms with E-state index in [0.29, 0.717) is 0 Å². The molecule has 1 N–H and O–H groups in total. The number of ether oxygens (including phenoxy) is 1. The van der Waals surface area contributed by atoms with Gasteiger partial charge in [-0.25, -0.2) is 4.98 Å². The number of hydrogen-bond acceptors (Lipinski definition) is 2. The van der Waals surface area contributed by atoms with Crippen molar-refractivity contribution in [1.82, 2.24) is 9.97 Å². The van der Waals surface area contributed by atoms with Gasteiger partial charge in [-0.1, -0.05) is 24.3 Å². The third kappa shape index (κ3) is 3.35. The molecule has 0 saturated carbocycles. The molecule has 0 amide bonds. The molecule has 0 fully saturated rings. The van der Waals surface area contributed by atoms with Gasteiger partial charge in [-0.05, 0) is 43.2 Å². The smallest absolute Gasteiger partial charge is 0.130 e. The summed E-state index contributed by atoms with van der Waals surface area (Å²) in [6.45, 7) is 4.08. The topological polar surface area (TPSA) is 37.9 Å². The lowest BCUT2D eigenvalue weighted by molar-refractivity contribution is 0.415. The number of aromatic amines is 1. The SMILES string of the molecule is C/C=C(\C)c1cnc(/C=C/c2ccc(OC)cc2)[nH]1. The molecule has 0 aliphatic carbocycles. The highest BCUT2D eigenvalue weighted by Gasteiger charge is 1.98. The van der Waals surface area contributed by atoms with E-state index < -0.39 is 0 Å². The number of nitrogens with zero attached hydrogens (tertiary/aromatic N) is 1. The number of aromatic nitrogens is 2. The van der Waals surface area contributed by atoms with E-state index in [9.17, 15) is 0 Å². The van der Waals surface area contributed by atoms with Crippen molar-refractivity contribution in [2.75, 3.05) is 7.11 Å². The molecule has 1 heterocycles. The van der Waals surface area contributed by atoms with Gasteiger partial charge >= 0.3 is 0 Å². The second-order valence-corrected chi connectivity index (χ2v) is 4.26. The average molecular weight is 254 g/mol. The van der Waals surface area contributed by atoms with Crippen LogP contribution >= 0.6 is 0 Å². The van der Waals surface area contributed by atoms with Crippen LogP contribution in [0.5, 0.6) is 5.75 Å². The minimum Gasteiger partial charge on any atom is -0.497 e. The third-order valence-electron chi connectivity index (χ3n) is 3.00. The van der Waals surface area contributed by atoms with Crippen LogP contribution in [0.1, 0.15) is 30.9 Å². The summed E-state index contributed by atoms with van der Waals surface area (Å²) in [5, 5.41) is 0. The zero-order valence-electron chi connectivity index (χ0n) is 11.5. The van der Waals surface area contributed by atoms with Crippen LogP contribution < -0.4 is 4.74 Å². The van der Waals surface area contributed by atoms with Crippen molar-refractivity contribution >= 4 is 17.7 Å². The Morgan fingerprint density at radius 3 is 2.58 bits per heavy atom. The van der Waals surface area contributed by atoms with Crippen molar-refractivity contribution in [3.05, 3.63) is 53.6 Å². The number of benzene rings is 1. The Kier molecular flexibility index (Phi) is 4.18. The Morgan fingerprint density at radius 2 is 1.95 bits per heavy atom. The number of methoxy groups -OCH3 is 1. The minimum atomic E-state index is 0.854. The molecule has 0 unspecified atom stereocenters. The van der Waals surface area contributed by atoms with Gasteiger partial charge < -0.3 is 9.72 Å². The molecule has 98 valence electrons. The number of allylic oxidation sites excluding steroid dienone is 2. The van der Waals surface area contributed by atoms with E-state index in [1.165, 1.54) is 5.57 Å². The van der Waals surface area contributed by atoms with Gasteiger partial charge in [-0.15, -0.1) is 0 Å². The molecule has 0 aliphatic rings. The summed E-state index contributed by atoms with van der Waals surface area (Å²) in [6, 6.07) is 7.90. The molecule has 0 spiro atoms. The summed E-state index contributed by atoms with van der Waals surface area (Å²) >= 11 is 0. The van der Waals surface area contributed by atoms with Gasteiger partial charge in [0.1, 0.15) is 11.6 Å². The van der Waals surface area contributed by atoms with Crippen molar-refractivity contribution in [2.45, 2.75) is 13.8 Å². The molecule has 0 saturated heterocycles. The predicted octanol–water partition coefficient (Wildman–Crippen LogP) is 4.01. The predicted molar refractivity (Wildman–Crippen MR) is 79.8 cm³/mol. The summed E-state index contributed by atoms with van der Waals surface area (Å²) in [7, 11) is 1.67. The normalized spacial score (nSPS) is 12.1. The number of imidazole rings is 1. The molecule has 1 aromatic carbocycles. The Balaban J connectivity index is 2.11. The van der Waals surface area contributed by atoms with Crippen molar-refractivity contribution in [1.29, 1.82) is 0 Å². The molecule has 0 aliphatic heterocycles. The first kappa shape index (κ1) is 13.1. The molecule has 2 rings (SSSR count). The quantitative estimate of drug-likeness (QED) is 0.895. The lowest BCUT2D eigenvalue weighted by Gasteiger charge is -1.98. The van der Waals surface area contributed by atoms with E-state index in [-0.39, 0.29) is 0 Å². The van der Waals surface area contributed by atoms with Gasteiger partial charge in [0.2, 0.25) is 0 Å². The summed E-state index contributed by atoms with van der Waals surface area (Å²) < 4.78 is 5.13. The van der Waals surface area contributed by atoms with Crippen LogP contribution in [0.25, 0.3) is 17.7 Å². The zero-order chi connectivity index (χ0) is 13.7. The van der Waals surface area contributed by atoms with Crippen molar-refractivity contribution < 1.29 is 4.74 Å². The van der Waals surface area contributed by atoms with Crippen LogP contribution in [0.3, 0.4) is 0 Å². The van der Waals surface area contributed by atoms with Crippen LogP contribution in [0.15, 0.2) is 36.5 Å². The van der Waals surface area contributed by atoms with E-state index in [1.807, 2.05) is 49.5 Å². The molecule has 0 atom stereocenters. The highest BCUT2D eigenvalue weighted by Crippen LogP contribution is 2.14. The number of nitrogens with one attached hydrogen (secondary N) is 1. The van der Waals surface area contributed by atoms with Crippen molar-refractivity contribution in [3.63, 3.8) is 0 Å². The van der Waals surface area contributed by atoms with E-state index in [2.05, 4.69) is 23.0 Å². The largest absolute Gasteiger partial charge is 0.497 e. The summed E-state index contributed by atoms with van der Waals surface area (Å²) in [4.78, 5) is 7.59. The molecule has 1 aromatic heterocycles. The molecule has 2 aromatic rings. The minimum absolute atomic E-state index is 0.854. The van der Waals surface area contributed by atoms with Gasteiger partial charge in [0.05, 0.1) is 19.0 Å². The molecule has 3 nitrogen and oxygen atoms in total. The first-order valence-corrected chi connectivity index (χ1v) is 6.23. The second-order valence-electron chi connectivity index (χ2n) is 4.26. The van der Waals surface area contributed by atoms with E-state index >= 15 is 0 Å². The molecule has 0 radical (unpaired) electrons. The van der Waals surface area contributed by atoms with E-state index in [0.717, 1.165) is 22.8 Å². The third-order valence-corrected chi connectivity index (χ3v) is 3.00. The Bertz CT molecular complexity index is 591. The van der Waals surface area contributed by atoms with Crippen LogP contribution in [-0.2, 0) is 0 Å². The van der Waals surface area contributed by atoms with E-state index in [4.69, 9.17) is 4.74 Å². The molecule has 3 heteroatoms. The summed E-state index contributed by atoms with van der Waals surface area (Å²) in [6.07, 6.45) is 7.90. The maximum atomic E-state index is 5.13. The fourth-order valence-corrected chi connectivity index (χ4v) is 1.67. The van der Waals surface area contributed by atoms with Gasteiger partial charge in [-0.3, -0.25) is 0 Å². The van der Waals surface area contributed by atoms with Crippen LogP contribution in [-0.4, -0.2) is 17.1 Å². The van der Waals surface area contributed by atoms with Crippen molar-refractivity contribution in [3.8, 4) is 5.75 Å². The first-order valence-electron chi connectivity index (χ1n) is 6.23. The summed E-state index contributed by atoms with van der Waals surface area (Å²) in [5.74, 6) is 1.72. The maximum Gasteiger partial charge on any atom is 0.130 e. The lowest BCUT2D eigenvalue weighted by Crippen LogP contribution is -1.82. The first-order chi connectivity index (χ1) is 9.22. The fourth-order valence-electron chi connectivity index (χ4n) is 1.67. The zero-order valence-corrected chi connectivity index (χ0v) is 11.5. The van der Waals surface area contributed by atoms with Crippen molar-refractivity contribution in [2.24, 2.45) is 0 Å². The highest BCUT2D eigenvalue weighted by atomic mass is 16.5. The van der Waals surface area contributed by atoms with Gasteiger partial charge in [0.25, 0.3) is 0 Å². The number of hydrogen-bond donors (Lipinski definition) is 1. The van der Waals surface area contributed by atoms with Crippen LogP contribution in [0.2, 0.25) is 0 Å². The Labute approximate surface area is 113 Å². The molecular formula is C16H18N2O. The highest BCUT2D eigenvalue weighted by molar-refractivity contribution is 5.68. The Morgan fingerprint density at radius 1 is 1.21 bits per heavy atom. The lowest BCUT2D eigenvalue weighted by atomic mass is 10.2. The molecular weight excluding hydrogens is 236 g/mol. The van der Waals surface area contributed by atoms with Crippen LogP contribution in [0.4, 0.5) is 0 Å². The van der Waals surface area contributed by atoms with Gasteiger partial charge in [-0.2, -0.15) is 0 Å². The monoisotopic (exact) mass is 254 g/mol. The number of rotatable bonds is 4. The van der Waals surface area contributed by atoms with Gasteiger partial charge in [0.15, 0.2) is 0 Å². The maximum absolute atomic E-state index is 5.13. The fraction of sp³-hybridized carbons (Fsp3) is 0.188. The van der Waals surface area contributed by atoms with Gasteiger partial charge in [0, 0.05) is 0 Å². The average Bonchev–Trinajstić information content (AvgIpc) is 2.93. The summed E-state index contributed by atoms with van der Waals surface area (Å²) in [5.41, 5.74) is 3.36. The number of H-pyrrole nitrogens is 1. The standard InChI is InChI=1S/C16H18N2O/c1-4-12(2)15-11-17-16(18-15)10-7-13-5-8-14(19-3)9-6-13/h4-11H,1-3H3,(H,17,18)/b10-7+,12-4+. The molecule has 0 bridgehead atoms. The van der Waals surface area contributed by atoms with Crippen LogP contribution in [0, 0.1) is 0 Å². The molecule has 19 heavy (non-hydrogen) atoms. The van der Waals surface area contributed by atoms with E-state index in [1.54, 1.807) is 7.11 Å². The Hall–Kier alpha value is -2.29.